The van der Waals surface area contributed by atoms with Crippen molar-refractivity contribution in [2.75, 3.05) is 0 Å². The van der Waals surface area contributed by atoms with Crippen LogP contribution in [0.4, 0.5) is 0 Å². The summed E-state index contributed by atoms with van der Waals surface area (Å²) in [5.74, 6) is 0. The van der Waals surface area contributed by atoms with Crippen LogP contribution in [0, 0.1) is 0 Å². The maximum absolute atomic E-state index is 7.33. The zero-order valence-electron chi connectivity index (χ0n) is 8.41. The van der Waals surface area contributed by atoms with Gasteiger partial charge in [0, 0.05) is 0 Å². The molecule has 0 fully saturated rings. The van der Waals surface area contributed by atoms with Crippen LogP contribution in [0.15, 0.2) is 0 Å². The van der Waals surface area contributed by atoms with Gasteiger partial charge < -0.3 is 24.9 Å². The zero-order chi connectivity index (χ0) is 4.50. The first kappa shape index (κ1) is 22.5. The van der Waals surface area contributed by atoms with E-state index in [9.17, 15) is 0 Å². The van der Waals surface area contributed by atoms with Crippen molar-refractivity contribution in [1.82, 2.24) is 0 Å². The van der Waals surface area contributed by atoms with Crippen LogP contribution >= 0.6 is 9.90 Å². The smallest absolute Gasteiger partial charge is 1.00 e. The van der Waals surface area contributed by atoms with E-state index in [4.69, 9.17) is 19.2 Å². The first-order valence-corrected chi connectivity index (χ1v) is 2.68. The predicted octanol–water partition coefficient (Wildman–Crippen LogP) is -2.86. The van der Waals surface area contributed by atoms with Crippen LogP contribution in [0.2, 0.25) is 0 Å². The van der Waals surface area contributed by atoms with Crippen molar-refractivity contribution >= 4 is 102 Å². The molecule has 1 unspecified atom stereocenters. The summed E-state index contributed by atoms with van der Waals surface area (Å²) < 4.78 is 0. The van der Waals surface area contributed by atoms with Gasteiger partial charge in [-0.1, -0.05) is 0 Å². The van der Waals surface area contributed by atoms with Crippen molar-refractivity contribution < 1.29 is 24.9 Å². The summed E-state index contributed by atoms with van der Waals surface area (Å²) in [5.41, 5.74) is 0. The molecule has 0 bridgehead atoms. The number of hydrogen-bond acceptors (Lipinski definition) is 4. The van der Waals surface area contributed by atoms with E-state index in [-0.39, 0.29) is 98.8 Å². The molecule has 0 spiro atoms. The molecule has 0 rings (SSSR count). The van der Waals surface area contributed by atoms with Crippen molar-refractivity contribution in [3.8, 4) is 0 Å². The average Bonchev–Trinajstić information content (AvgIpc) is 0.722. The van der Waals surface area contributed by atoms with Crippen LogP contribution in [0.5, 0.6) is 0 Å². The summed E-state index contributed by atoms with van der Waals surface area (Å²) in [6, 6.07) is 0. The molecule has 8 heavy (non-hydrogen) atoms. The largest absolute Gasteiger partial charge is 2.00 e. The molecule has 8 heteroatoms. The van der Waals surface area contributed by atoms with Gasteiger partial charge in [-0.3, -0.25) is 0 Å². The van der Waals surface area contributed by atoms with Crippen LogP contribution < -0.4 is 0 Å². The van der Waals surface area contributed by atoms with Crippen molar-refractivity contribution in [3.63, 3.8) is 0 Å². The van der Waals surface area contributed by atoms with E-state index in [1.807, 2.05) is 0 Å². The monoisotopic (exact) mass is 262 g/mol. The van der Waals surface area contributed by atoms with Crippen LogP contribution in [0.3, 0.4) is 0 Å². The molecule has 4 nitrogen and oxygen atoms in total. The van der Waals surface area contributed by atoms with Gasteiger partial charge in [-0.2, -0.15) is 9.90 Å². The van der Waals surface area contributed by atoms with E-state index >= 15 is 0 Å². The second-order valence-corrected chi connectivity index (χ2v) is 1.80. The average molecular weight is 262 g/mol. The van der Waals surface area contributed by atoms with E-state index in [2.05, 4.69) is 0 Å². The van der Waals surface area contributed by atoms with E-state index in [1.54, 1.807) is 0 Å². The fraction of sp³-hybridized carbons (Fsp3) is 0. The van der Waals surface area contributed by atoms with Crippen LogP contribution in [-0.4, -0.2) is 111 Å². The Bertz CT molecular complexity index is 42.5. The van der Waals surface area contributed by atoms with E-state index in [0.29, 0.717) is 0 Å². The molecule has 0 saturated carbocycles. The summed E-state index contributed by atoms with van der Waals surface area (Å²) in [4.78, 5) is 29.3. The minimum absolute atomic E-state index is 0. The third-order valence-electron chi connectivity index (χ3n) is 0. The summed E-state index contributed by atoms with van der Waals surface area (Å²) in [7, 11) is -4.61. The fourth-order valence-electron chi connectivity index (χ4n) is 0. The summed E-state index contributed by atoms with van der Waals surface area (Å²) in [6.45, 7) is 0. The molecule has 0 saturated heterocycles. The first-order valence-electron chi connectivity index (χ1n) is 0.894. The van der Waals surface area contributed by atoms with Gasteiger partial charge in [-0.05, 0) is 0 Å². The molecule has 48 valence electrons. The minimum atomic E-state index is -4.61. The molecule has 0 aromatic heterocycles. The third-order valence-corrected chi connectivity index (χ3v) is 0. The Labute approximate surface area is 125 Å². The Morgan fingerprint density at radius 2 is 1.00 bits per heavy atom. The maximum atomic E-state index is 7.33. The predicted molar refractivity (Wildman–Crippen MR) is 41.7 cm³/mol. The third kappa shape index (κ3) is 60.0. The Morgan fingerprint density at radius 3 is 1.00 bits per heavy atom. The Balaban J connectivity index is -0.00000000381. The molecule has 1 atom stereocenters. The molecule has 0 aromatic carbocycles. The minimum Gasteiger partial charge on any atom is -1.00 e. The number of hydrogen-bond donors (Lipinski definition) is 4. The Hall–Kier alpha value is 3.23. The van der Waals surface area contributed by atoms with Gasteiger partial charge in [-0.25, -0.2) is 0 Å². The van der Waals surface area contributed by atoms with Gasteiger partial charge >= 0.3 is 92.3 Å². The summed E-state index contributed by atoms with van der Waals surface area (Å²) >= 11 is 0. The fourth-order valence-corrected chi connectivity index (χ4v) is 0. The molecule has 0 aliphatic heterocycles. The Morgan fingerprint density at radius 1 is 1.00 bits per heavy atom. The quantitative estimate of drug-likeness (QED) is 0.279. The molecular weight excluding hydrogens is 251 g/mol. The maximum Gasteiger partial charge on any atom is 2.00 e. The van der Waals surface area contributed by atoms with Crippen molar-refractivity contribution in [3.05, 3.63) is 0 Å². The second-order valence-electron chi connectivity index (χ2n) is 0.600. The van der Waals surface area contributed by atoms with Gasteiger partial charge in [0.2, 0.25) is 0 Å². The molecule has 0 aliphatic rings. The second kappa shape index (κ2) is 10.2. The van der Waals surface area contributed by atoms with Crippen LogP contribution in [0.1, 0.15) is 5.71 Å². The van der Waals surface area contributed by atoms with Crippen molar-refractivity contribution in [1.29, 1.82) is 0 Å². The summed E-state index contributed by atoms with van der Waals surface area (Å²) in [5, 5.41) is 0. The van der Waals surface area contributed by atoms with E-state index < -0.39 is 9.05 Å². The molecule has 0 amide bonds. The van der Waals surface area contributed by atoms with Gasteiger partial charge in [0.05, 0.1) is 0 Å². The van der Waals surface area contributed by atoms with Gasteiger partial charge in [0.15, 0.2) is 0 Å². The zero-order valence-corrected chi connectivity index (χ0v) is 12.5. The Kier molecular flexibility index (Phi) is 28.7. The van der Waals surface area contributed by atoms with Gasteiger partial charge in [-0.15, -0.1) is 0 Å². The SMILES string of the molecule is O[Si](O)(O)O.P.[Ca+2].[H-].[H-].[H-].[H-].[Sr+2]. The molecule has 0 heterocycles. The molecule has 0 aliphatic carbocycles. The number of rotatable bonds is 0. The van der Waals surface area contributed by atoms with Gasteiger partial charge in [0.1, 0.15) is 0 Å². The normalized spacial score (nSPS) is 7.50. The van der Waals surface area contributed by atoms with Crippen LogP contribution in [-0.2, 0) is 0 Å². The van der Waals surface area contributed by atoms with Gasteiger partial charge in [0.25, 0.3) is 0 Å². The van der Waals surface area contributed by atoms with E-state index in [1.165, 1.54) is 0 Å². The van der Waals surface area contributed by atoms with Crippen molar-refractivity contribution in [2.45, 2.75) is 0 Å². The van der Waals surface area contributed by atoms with E-state index in [0.717, 1.165) is 0 Å². The molecular formula is H11CaO4PSiSr. The van der Waals surface area contributed by atoms with Crippen molar-refractivity contribution in [2.24, 2.45) is 0 Å². The standard InChI is InChI=1S/Ca.H4O4Si.H3P.Sr.4H/c;1-5(2,3)4;;;;;;/h;1-4H;1H3;;;;;/q+2;;;+2;4*-1. The molecule has 0 radical (unpaired) electrons. The summed E-state index contributed by atoms with van der Waals surface area (Å²) in [6.07, 6.45) is 0. The first-order chi connectivity index (χ1) is 2.00. The molecule has 4 N–H and O–H groups in total. The van der Waals surface area contributed by atoms with Crippen LogP contribution in [0.25, 0.3) is 0 Å². The molecule has 0 aromatic rings. The topological polar surface area (TPSA) is 80.9 Å².